The van der Waals surface area contributed by atoms with Crippen LogP contribution in [0.4, 0.5) is 0 Å². The van der Waals surface area contributed by atoms with E-state index in [1.807, 2.05) is 56.9 Å². The fraction of sp³-hybridized carbons (Fsp3) is 0.571. The Labute approximate surface area is 286 Å². The number of rotatable bonds is 7. The van der Waals surface area contributed by atoms with Crippen molar-refractivity contribution in [1.82, 2.24) is 29.5 Å². The van der Waals surface area contributed by atoms with Gasteiger partial charge >= 0.3 is 5.97 Å². The van der Waals surface area contributed by atoms with E-state index in [4.69, 9.17) is 21.3 Å². The van der Waals surface area contributed by atoms with Crippen LogP contribution < -0.4 is 0 Å². The van der Waals surface area contributed by atoms with E-state index in [0.717, 1.165) is 73.2 Å². The molecule has 2 aromatic heterocycles. The maximum atomic E-state index is 13.8. The lowest BCUT2D eigenvalue weighted by molar-refractivity contribution is -0.156. The third-order valence-electron chi connectivity index (χ3n) is 9.45. The van der Waals surface area contributed by atoms with Gasteiger partial charge in [-0.25, -0.2) is 0 Å². The molecule has 6 rings (SSSR count). The maximum absolute atomic E-state index is 13.8. The third-order valence-corrected chi connectivity index (χ3v) is 10.9. The van der Waals surface area contributed by atoms with Gasteiger partial charge in [0.1, 0.15) is 22.5 Å². The first-order chi connectivity index (χ1) is 22.4. The van der Waals surface area contributed by atoms with Crippen molar-refractivity contribution in [3.8, 4) is 5.00 Å². The number of carbonyl (C=O) groups is 2. The Bertz CT molecular complexity index is 1640. The van der Waals surface area contributed by atoms with Crippen molar-refractivity contribution in [2.75, 3.05) is 52.4 Å². The number of amides is 1. The molecule has 5 heterocycles. The molecular formula is C35H46ClN7O3S. The summed E-state index contributed by atoms with van der Waals surface area (Å²) in [4.78, 5) is 39.3. The van der Waals surface area contributed by atoms with Crippen molar-refractivity contribution in [2.24, 2.45) is 10.9 Å². The van der Waals surface area contributed by atoms with Gasteiger partial charge in [-0.2, -0.15) is 0 Å². The number of fused-ring (bicyclic) bond motifs is 3. The highest BCUT2D eigenvalue weighted by molar-refractivity contribution is 7.15. The highest BCUT2D eigenvalue weighted by atomic mass is 35.5. The molecule has 0 bridgehead atoms. The molecule has 0 saturated carbocycles. The van der Waals surface area contributed by atoms with Crippen LogP contribution >= 0.6 is 22.9 Å². The molecule has 1 amide bonds. The molecule has 252 valence electrons. The van der Waals surface area contributed by atoms with Crippen molar-refractivity contribution in [2.45, 2.75) is 72.4 Å². The van der Waals surface area contributed by atoms with E-state index in [1.54, 1.807) is 11.3 Å². The number of piperidine rings is 1. The largest absolute Gasteiger partial charge is 0.459 e. The molecular weight excluding hydrogens is 634 g/mol. The predicted octanol–water partition coefficient (Wildman–Crippen LogP) is 5.39. The van der Waals surface area contributed by atoms with Gasteiger partial charge in [-0.15, -0.1) is 21.5 Å². The zero-order chi connectivity index (χ0) is 33.5. The Hall–Kier alpha value is -3.12. The second-order valence-electron chi connectivity index (χ2n) is 14.1. The number of nitrogens with zero attached hydrogens (tertiary/aromatic N) is 7. The van der Waals surface area contributed by atoms with Crippen LogP contribution in [0.25, 0.3) is 5.00 Å². The number of benzene rings is 1. The van der Waals surface area contributed by atoms with Gasteiger partial charge in [-0.1, -0.05) is 23.7 Å². The van der Waals surface area contributed by atoms with Crippen LogP contribution in [0.5, 0.6) is 0 Å². The number of hydrogen-bond donors (Lipinski definition) is 0. The molecule has 3 aliphatic rings. The number of hydrogen-bond acceptors (Lipinski definition) is 9. The first-order valence-corrected chi connectivity index (χ1v) is 17.9. The minimum absolute atomic E-state index is 0.0923. The maximum Gasteiger partial charge on any atom is 0.320 e. The van der Waals surface area contributed by atoms with Gasteiger partial charge in [-0.3, -0.25) is 28.9 Å². The summed E-state index contributed by atoms with van der Waals surface area (Å²) in [6, 6.07) is 7.31. The number of ether oxygens (including phenoxy) is 1. The van der Waals surface area contributed by atoms with Gasteiger partial charge < -0.3 is 9.64 Å². The van der Waals surface area contributed by atoms with E-state index in [-0.39, 0.29) is 18.3 Å². The standard InChI is InChI=1S/C35H46ClN7O3S/c1-22-23(2)47-34-31(22)32(26-7-9-27(36)10-8-26)37-28(33-39-38-24(3)43(33)34)19-29(44)42-17-15-41(16-18-42)20-25-11-13-40(14-12-25)21-30(45)46-35(4,5)6/h7-10,25,28H,11-21H2,1-6H3/t28-/m0/s1. The van der Waals surface area contributed by atoms with E-state index >= 15 is 0 Å². The van der Waals surface area contributed by atoms with Crippen molar-refractivity contribution < 1.29 is 14.3 Å². The number of aryl methyl sites for hydroxylation is 2. The van der Waals surface area contributed by atoms with Crippen molar-refractivity contribution in [1.29, 1.82) is 0 Å². The fourth-order valence-corrected chi connectivity index (χ4v) is 8.20. The number of carbonyl (C=O) groups excluding carboxylic acids is 2. The number of thiophene rings is 1. The molecule has 1 aromatic carbocycles. The Morgan fingerprint density at radius 3 is 2.30 bits per heavy atom. The molecule has 47 heavy (non-hydrogen) atoms. The zero-order valence-electron chi connectivity index (χ0n) is 28.4. The molecule has 1 atom stereocenters. The van der Waals surface area contributed by atoms with Crippen LogP contribution in [0.1, 0.15) is 79.3 Å². The fourth-order valence-electron chi connectivity index (χ4n) is 6.86. The highest BCUT2D eigenvalue weighted by Crippen LogP contribution is 2.39. The molecule has 0 radical (unpaired) electrons. The van der Waals surface area contributed by atoms with Crippen LogP contribution in [0.2, 0.25) is 5.02 Å². The summed E-state index contributed by atoms with van der Waals surface area (Å²) in [5.74, 6) is 2.04. The second kappa shape index (κ2) is 13.8. The van der Waals surface area contributed by atoms with Crippen LogP contribution in [-0.4, -0.2) is 105 Å². The van der Waals surface area contributed by atoms with E-state index in [9.17, 15) is 9.59 Å². The van der Waals surface area contributed by atoms with Crippen molar-refractivity contribution in [3.63, 3.8) is 0 Å². The molecule has 3 aromatic rings. The average Bonchev–Trinajstić information content (AvgIpc) is 3.49. The molecule has 0 aliphatic carbocycles. The van der Waals surface area contributed by atoms with Crippen LogP contribution in [0, 0.1) is 26.7 Å². The quantitative estimate of drug-likeness (QED) is 0.309. The van der Waals surface area contributed by atoms with Gasteiger partial charge in [0.2, 0.25) is 5.91 Å². The van der Waals surface area contributed by atoms with E-state index in [2.05, 4.69) is 38.4 Å². The predicted molar refractivity (Wildman–Crippen MR) is 186 cm³/mol. The minimum atomic E-state index is -0.461. The van der Waals surface area contributed by atoms with Gasteiger partial charge in [0, 0.05) is 53.8 Å². The monoisotopic (exact) mass is 679 g/mol. The molecule has 10 nitrogen and oxygen atoms in total. The molecule has 3 aliphatic heterocycles. The molecule has 2 saturated heterocycles. The second-order valence-corrected chi connectivity index (χ2v) is 15.7. The van der Waals surface area contributed by atoms with Crippen LogP contribution in [-0.2, 0) is 14.3 Å². The SMILES string of the molecule is Cc1sc2c(c1C)C(c1ccc(Cl)cc1)=N[C@@H](CC(=O)N1CCN(CC3CCN(CC(=O)OC(C)(C)C)CC3)CC1)c1nnc(C)n1-2. The lowest BCUT2D eigenvalue weighted by Gasteiger charge is -2.39. The Morgan fingerprint density at radius 1 is 0.957 bits per heavy atom. The van der Waals surface area contributed by atoms with E-state index in [0.29, 0.717) is 36.4 Å². The van der Waals surface area contributed by atoms with Gasteiger partial charge in [0.05, 0.1) is 18.7 Å². The lowest BCUT2D eigenvalue weighted by atomic mass is 9.96. The molecule has 2 fully saturated rings. The van der Waals surface area contributed by atoms with Gasteiger partial charge in [0.15, 0.2) is 5.82 Å². The average molecular weight is 680 g/mol. The Kier molecular flexibility index (Phi) is 9.90. The topological polar surface area (TPSA) is 96.2 Å². The van der Waals surface area contributed by atoms with E-state index in [1.165, 1.54) is 10.4 Å². The highest BCUT2D eigenvalue weighted by Gasteiger charge is 2.34. The van der Waals surface area contributed by atoms with Gasteiger partial charge in [-0.05, 0) is 91.1 Å². The minimum Gasteiger partial charge on any atom is -0.459 e. The molecule has 0 N–H and O–H groups in total. The summed E-state index contributed by atoms with van der Waals surface area (Å²) < 4.78 is 7.60. The van der Waals surface area contributed by atoms with Crippen molar-refractivity contribution >= 4 is 40.5 Å². The number of aromatic nitrogens is 3. The number of esters is 1. The summed E-state index contributed by atoms with van der Waals surface area (Å²) in [5.41, 5.74) is 3.62. The van der Waals surface area contributed by atoms with Crippen molar-refractivity contribution in [3.05, 3.63) is 62.5 Å². The first kappa shape index (κ1) is 33.8. The molecule has 12 heteroatoms. The van der Waals surface area contributed by atoms with E-state index < -0.39 is 11.6 Å². The van der Waals surface area contributed by atoms with Gasteiger partial charge in [0.25, 0.3) is 0 Å². The Balaban J connectivity index is 1.09. The van der Waals surface area contributed by atoms with Crippen LogP contribution in [0.15, 0.2) is 29.3 Å². The smallest absolute Gasteiger partial charge is 0.320 e. The Morgan fingerprint density at radius 2 is 1.64 bits per heavy atom. The summed E-state index contributed by atoms with van der Waals surface area (Å²) in [6.07, 6.45) is 2.38. The first-order valence-electron chi connectivity index (χ1n) is 16.7. The molecule has 0 unspecified atom stereocenters. The van der Waals surface area contributed by atoms with Crippen LogP contribution in [0.3, 0.4) is 0 Å². The summed E-state index contributed by atoms with van der Waals surface area (Å²) in [7, 11) is 0. The lowest BCUT2D eigenvalue weighted by Crippen LogP contribution is -2.50. The third kappa shape index (κ3) is 7.63. The molecule has 0 spiro atoms. The summed E-state index contributed by atoms with van der Waals surface area (Å²) in [5, 5.41) is 10.7. The normalized spacial score (nSPS) is 19.6. The number of likely N-dealkylation sites (tertiary alicyclic amines) is 1. The summed E-state index contributed by atoms with van der Waals surface area (Å²) in [6.45, 7) is 18.3. The summed E-state index contributed by atoms with van der Waals surface area (Å²) >= 11 is 7.96. The zero-order valence-corrected chi connectivity index (χ0v) is 30.0. The number of halogens is 1. The number of piperazine rings is 1. The number of aliphatic imine (C=N–C) groups is 1.